The lowest BCUT2D eigenvalue weighted by Gasteiger charge is -2.35. The van der Waals surface area contributed by atoms with E-state index in [9.17, 15) is 15.0 Å². The Morgan fingerprint density at radius 1 is 1.33 bits per heavy atom. The highest BCUT2D eigenvalue weighted by molar-refractivity contribution is 6.05. The van der Waals surface area contributed by atoms with Crippen molar-refractivity contribution in [2.75, 3.05) is 0 Å². The Hall–Kier alpha value is -0.930. The predicted molar refractivity (Wildman–Crippen MR) is 70.1 cm³/mol. The van der Waals surface area contributed by atoms with Gasteiger partial charge in [-0.1, -0.05) is 5.57 Å². The number of allylic oxidation sites excluding steroid dienone is 3. The second-order valence-corrected chi connectivity index (χ2v) is 6.21. The topological polar surface area (TPSA) is 57.5 Å². The molecule has 1 saturated carbocycles. The van der Waals surface area contributed by atoms with Crippen LogP contribution < -0.4 is 0 Å². The van der Waals surface area contributed by atoms with Gasteiger partial charge < -0.3 is 10.2 Å². The summed E-state index contributed by atoms with van der Waals surface area (Å²) in [6.45, 7) is 7.37. The van der Waals surface area contributed by atoms with Crippen LogP contribution in [-0.4, -0.2) is 27.2 Å². The van der Waals surface area contributed by atoms with Crippen molar-refractivity contribution in [2.24, 2.45) is 5.92 Å². The fourth-order valence-corrected chi connectivity index (χ4v) is 3.33. The van der Waals surface area contributed by atoms with Crippen LogP contribution in [-0.2, 0) is 4.79 Å². The minimum Gasteiger partial charge on any atom is -0.390 e. The van der Waals surface area contributed by atoms with Crippen molar-refractivity contribution in [1.29, 1.82) is 0 Å². The first-order chi connectivity index (χ1) is 8.18. The van der Waals surface area contributed by atoms with Crippen LogP contribution in [0.1, 0.15) is 47.0 Å². The Morgan fingerprint density at radius 2 is 1.94 bits per heavy atom. The molecule has 2 N–H and O–H groups in total. The van der Waals surface area contributed by atoms with E-state index in [1.807, 2.05) is 13.8 Å². The molecule has 0 heterocycles. The molecule has 1 fully saturated rings. The number of fused-ring (bicyclic) bond motifs is 1. The second kappa shape index (κ2) is 4.04. The Kier molecular flexibility index (Phi) is 3.03. The maximum atomic E-state index is 12.1. The van der Waals surface area contributed by atoms with Crippen LogP contribution in [0.3, 0.4) is 0 Å². The Labute approximate surface area is 108 Å². The quantitative estimate of drug-likeness (QED) is 0.648. The van der Waals surface area contributed by atoms with E-state index in [-0.39, 0.29) is 11.7 Å². The van der Waals surface area contributed by atoms with Gasteiger partial charge in [0.1, 0.15) is 0 Å². The van der Waals surface area contributed by atoms with Crippen molar-refractivity contribution < 1.29 is 15.0 Å². The van der Waals surface area contributed by atoms with Crippen LogP contribution >= 0.6 is 0 Å². The van der Waals surface area contributed by atoms with Crippen molar-refractivity contribution in [1.82, 2.24) is 0 Å². The third-order valence-electron chi connectivity index (χ3n) is 4.68. The zero-order chi connectivity index (χ0) is 13.7. The van der Waals surface area contributed by atoms with E-state index < -0.39 is 11.2 Å². The molecule has 2 aliphatic rings. The van der Waals surface area contributed by atoms with Gasteiger partial charge in [0.05, 0.1) is 11.2 Å². The van der Waals surface area contributed by atoms with E-state index >= 15 is 0 Å². The summed E-state index contributed by atoms with van der Waals surface area (Å²) in [4.78, 5) is 12.1. The van der Waals surface area contributed by atoms with Gasteiger partial charge in [0.15, 0.2) is 5.78 Å². The van der Waals surface area contributed by atoms with Crippen LogP contribution in [0.2, 0.25) is 0 Å². The number of hydrogen-bond acceptors (Lipinski definition) is 3. The first-order valence-corrected chi connectivity index (χ1v) is 6.52. The second-order valence-electron chi connectivity index (χ2n) is 6.21. The van der Waals surface area contributed by atoms with Crippen molar-refractivity contribution in [2.45, 2.75) is 58.2 Å². The third-order valence-corrected chi connectivity index (χ3v) is 4.68. The molecular formula is C15H22O3. The maximum absolute atomic E-state index is 12.1. The minimum atomic E-state index is -1.03. The van der Waals surface area contributed by atoms with Gasteiger partial charge in [-0.15, -0.1) is 0 Å². The molecule has 3 nitrogen and oxygen atoms in total. The summed E-state index contributed by atoms with van der Waals surface area (Å²) in [5.41, 5.74) is 0.450. The molecule has 100 valence electrons. The minimum absolute atomic E-state index is 0.0221. The zero-order valence-corrected chi connectivity index (χ0v) is 11.6. The highest BCUT2D eigenvalue weighted by Gasteiger charge is 2.55. The summed E-state index contributed by atoms with van der Waals surface area (Å²) in [6, 6.07) is 0. The molecule has 0 aliphatic heterocycles. The highest BCUT2D eigenvalue weighted by atomic mass is 16.3. The molecule has 18 heavy (non-hydrogen) atoms. The SMILES string of the molecule is CC1=CC(=O)C(=C(C)C)C[C@@H]2[C@@](C)(O)CC[C@@]12O. The Morgan fingerprint density at radius 3 is 2.50 bits per heavy atom. The number of carbonyl (C=O) groups is 1. The van der Waals surface area contributed by atoms with Gasteiger partial charge in [-0.05, 0) is 64.2 Å². The average molecular weight is 250 g/mol. The first-order valence-electron chi connectivity index (χ1n) is 6.52. The molecule has 0 spiro atoms. The Balaban J connectivity index is 2.56. The maximum Gasteiger partial charge on any atom is 0.181 e. The molecule has 0 saturated heterocycles. The molecule has 0 bridgehead atoms. The van der Waals surface area contributed by atoms with Crippen LogP contribution in [0.25, 0.3) is 0 Å². The monoisotopic (exact) mass is 250 g/mol. The molecule has 0 aromatic heterocycles. The number of carbonyl (C=O) groups excluding carboxylic acids is 1. The molecule has 0 unspecified atom stereocenters. The lowest BCUT2D eigenvalue weighted by Crippen LogP contribution is -2.42. The van der Waals surface area contributed by atoms with Crippen molar-refractivity contribution in [3.63, 3.8) is 0 Å². The molecule has 2 aliphatic carbocycles. The largest absolute Gasteiger partial charge is 0.390 e. The van der Waals surface area contributed by atoms with E-state index in [0.29, 0.717) is 24.8 Å². The molecule has 0 radical (unpaired) electrons. The van der Waals surface area contributed by atoms with E-state index in [4.69, 9.17) is 0 Å². The van der Waals surface area contributed by atoms with Gasteiger partial charge >= 0.3 is 0 Å². The fraction of sp³-hybridized carbons (Fsp3) is 0.667. The van der Waals surface area contributed by atoms with Crippen molar-refractivity contribution >= 4 is 5.78 Å². The number of aliphatic hydroxyl groups is 2. The van der Waals surface area contributed by atoms with Gasteiger partial charge in [-0.25, -0.2) is 0 Å². The summed E-state index contributed by atoms with van der Waals surface area (Å²) in [6.07, 6.45) is 3.10. The molecule has 0 aromatic rings. The first kappa shape index (κ1) is 13.5. The van der Waals surface area contributed by atoms with E-state index in [1.165, 1.54) is 0 Å². The average Bonchev–Trinajstić information content (AvgIpc) is 2.41. The smallest absolute Gasteiger partial charge is 0.181 e. The van der Waals surface area contributed by atoms with Gasteiger partial charge in [0.25, 0.3) is 0 Å². The third kappa shape index (κ3) is 1.86. The molecule has 0 amide bonds. The van der Waals surface area contributed by atoms with Crippen molar-refractivity contribution in [3.05, 3.63) is 22.8 Å². The van der Waals surface area contributed by atoms with Gasteiger partial charge in [0, 0.05) is 5.92 Å². The van der Waals surface area contributed by atoms with Gasteiger partial charge in [0.2, 0.25) is 0 Å². The van der Waals surface area contributed by atoms with Crippen LogP contribution in [0.5, 0.6) is 0 Å². The lowest BCUT2D eigenvalue weighted by atomic mass is 9.77. The summed E-state index contributed by atoms with van der Waals surface area (Å²) in [5, 5.41) is 21.3. The van der Waals surface area contributed by atoms with Crippen LogP contribution in [0.15, 0.2) is 22.8 Å². The summed E-state index contributed by atoms with van der Waals surface area (Å²) in [7, 11) is 0. The number of ketones is 1. The number of rotatable bonds is 0. The summed E-state index contributed by atoms with van der Waals surface area (Å²) in [5.74, 6) is -0.316. The highest BCUT2D eigenvalue weighted by Crippen LogP contribution is 2.51. The molecule has 3 atom stereocenters. The van der Waals surface area contributed by atoms with Crippen LogP contribution in [0.4, 0.5) is 0 Å². The van der Waals surface area contributed by atoms with E-state index in [0.717, 1.165) is 11.1 Å². The van der Waals surface area contributed by atoms with Crippen molar-refractivity contribution in [3.8, 4) is 0 Å². The van der Waals surface area contributed by atoms with Gasteiger partial charge in [-0.2, -0.15) is 0 Å². The van der Waals surface area contributed by atoms with Gasteiger partial charge in [-0.3, -0.25) is 4.79 Å². The van der Waals surface area contributed by atoms with Crippen LogP contribution in [0, 0.1) is 5.92 Å². The van der Waals surface area contributed by atoms with E-state index in [1.54, 1.807) is 19.9 Å². The summed E-state index contributed by atoms with van der Waals surface area (Å²) >= 11 is 0. The zero-order valence-electron chi connectivity index (χ0n) is 11.6. The molecule has 3 heteroatoms. The molecule has 2 rings (SSSR count). The standard InChI is InChI=1S/C15H22O3/c1-9(2)11-8-13-14(4,17)5-6-15(13,18)10(3)7-12(11)16/h7,13,17-18H,5-6,8H2,1-4H3/t13-,14+,15-/m1/s1. The predicted octanol–water partition coefficient (Wildman–Crippen LogP) is 2.13. The molecule has 0 aromatic carbocycles. The fourth-order valence-electron chi connectivity index (χ4n) is 3.33. The summed E-state index contributed by atoms with van der Waals surface area (Å²) < 4.78 is 0. The number of hydrogen-bond donors (Lipinski definition) is 2. The molecular weight excluding hydrogens is 228 g/mol. The Bertz CT molecular complexity index is 452. The lowest BCUT2D eigenvalue weighted by molar-refractivity contribution is -0.111. The normalized spacial score (nSPS) is 40.3. The van der Waals surface area contributed by atoms with E-state index in [2.05, 4.69) is 0 Å².